The number of nitrogens with one attached hydrogen (secondary N) is 1. The van der Waals surface area contributed by atoms with Crippen molar-refractivity contribution < 1.29 is 5.21 Å². The molecule has 0 saturated heterocycles. The van der Waals surface area contributed by atoms with E-state index in [4.69, 9.17) is 5.21 Å². The van der Waals surface area contributed by atoms with Crippen LogP contribution in [-0.2, 0) is 0 Å². The highest BCUT2D eigenvalue weighted by Gasteiger charge is 1.98. The smallest absolute Gasteiger partial charge is 0.0806 e. The van der Waals surface area contributed by atoms with Crippen LogP contribution in [0.4, 0.5) is 0 Å². The normalized spacial score (nSPS) is 15.0. The lowest BCUT2D eigenvalue weighted by Crippen LogP contribution is -2.36. The summed E-state index contributed by atoms with van der Waals surface area (Å²) >= 11 is 0. The molecule has 1 unspecified atom stereocenters. The van der Waals surface area contributed by atoms with Gasteiger partial charge in [0.05, 0.1) is 6.17 Å². The van der Waals surface area contributed by atoms with Crippen LogP contribution in [0.5, 0.6) is 0 Å². The summed E-state index contributed by atoms with van der Waals surface area (Å²) in [4.78, 5) is 0. The van der Waals surface area contributed by atoms with Gasteiger partial charge in [-0.15, -0.1) is 0 Å². The van der Waals surface area contributed by atoms with E-state index in [0.29, 0.717) is 0 Å². The van der Waals surface area contributed by atoms with E-state index >= 15 is 0 Å². The highest BCUT2D eigenvalue weighted by molar-refractivity contribution is 4.43. The van der Waals surface area contributed by atoms with Gasteiger partial charge in [-0.2, -0.15) is 5.06 Å². The summed E-state index contributed by atoms with van der Waals surface area (Å²) in [7, 11) is 3.39. The molecule has 0 radical (unpaired) electrons. The van der Waals surface area contributed by atoms with Gasteiger partial charge in [-0.25, -0.2) is 0 Å². The molecule has 0 bridgehead atoms. The van der Waals surface area contributed by atoms with Gasteiger partial charge >= 0.3 is 0 Å². The summed E-state index contributed by atoms with van der Waals surface area (Å²) in [5.41, 5.74) is 0. The third-order valence-electron chi connectivity index (χ3n) is 0.978. The Hall–Kier alpha value is -0.120. The molecule has 2 N–H and O–H groups in total. The molecule has 0 rings (SSSR count). The van der Waals surface area contributed by atoms with Crippen LogP contribution in [0, 0.1) is 0 Å². The SMILES string of the molecule is CNC(C)N(C)O. The second-order valence-electron chi connectivity index (χ2n) is 1.54. The molecule has 3 nitrogen and oxygen atoms in total. The van der Waals surface area contributed by atoms with E-state index in [0.717, 1.165) is 5.06 Å². The molecule has 0 aromatic carbocycles. The minimum absolute atomic E-state index is 0.0417. The third kappa shape index (κ3) is 2.56. The molecule has 7 heavy (non-hydrogen) atoms. The number of nitrogens with zero attached hydrogens (tertiary/aromatic N) is 1. The third-order valence-corrected chi connectivity index (χ3v) is 0.978. The standard InChI is InChI=1S/C4H12N2O/c1-4(5-2)6(3)7/h4-5,7H,1-3H3. The van der Waals surface area contributed by atoms with Crippen LogP contribution in [0.3, 0.4) is 0 Å². The maximum atomic E-state index is 8.59. The average Bonchev–Trinajstić information content (AvgIpc) is 1.65. The van der Waals surface area contributed by atoms with Crippen LogP contribution in [0.1, 0.15) is 6.92 Å². The van der Waals surface area contributed by atoms with Crippen LogP contribution < -0.4 is 5.32 Å². The van der Waals surface area contributed by atoms with Gasteiger partial charge in [0.15, 0.2) is 0 Å². The Morgan fingerprint density at radius 2 is 2.14 bits per heavy atom. The number of hydrogen-bond donors (Lipinski definition) is 2. The molecule has 0 aliphatic heterocycles. The minimum atomic E-state index is 0.0417. The van der Waals surface area contributed by atoms with Crippen LogP contribution in [0.25, 0.3) is 0 Å². The lowest BCUT2D eigenvalue weighted by molar-refractivity contribution is -0.104. The molecule has 0 aromatic heterocycles. The Labute approximate surface area is 43.9 Å². The molecule has 0 saturated carbocycles. The van der Waals surface area contributed by atoms with Crippen LogP contribution in [0.2, 0.25) is 0 Å². The lowest BCUT2D eigenvalue weighted by Gasteiger charge is -2.15. The fraction of sp³-hybridized carbons (Fsp3) is 1.00. The molecule has 44 valence electrons. The molecule has 0 aliphatic carbocycles. The second kappa shape index (κ2) is 2.96. The van der Waals surface area contributed by atoms with Crippen LogP contribution in [0.15, 0.2) is 0 Å². The zero-order chi connectivity index (χ0) is 5.86. The summed E-state index contributed by atoms with van der Waals surface area (Å²) < 4.78 is 0. The lowest BCUT2D eigenvalue weighted by atomic mass is 10.6. The Morgan fingerprint density at radius 3 is 2.14 bits per heavy atom. The van der Waals surface area contributed by atoms with Crippen molar-refractivity contribution in [3.63, 3.8) is 0 Å². The zero-order valence-electron chi connectivity index (χ0n) is 4.97. The van der Waals surface area contributed by atoms with Gasteiger partial charge in [0, 0.05) is 7.05 Å². The maximum Gasteiger partial charge on any atom is 0.0806 e. The molecular weight excluding hydrogens is 92.1 g/mol. The molecule has 3 heteroatoms. The average molecular weight is 104 g/mol. The molecule has 0 fully saturated rings. The first kappa shape index (κ1) is 6.88. The van der Waals surface area contributed by atoms with Crippen molar-refractivity contribution >= 4 is 0 Å². The Balaban J connectivity index is 3.14. The van der Waals surface area contributed by atoms with Crippen molar-refractivity contribution in [2.45, 2.75) is 13.1 Å². The first-order valence-corrected chi connectivity index (χ1v) is 2.27. The van der Waals surface area contributed by atoms with E-state index < -0.39 is 0 Å². The molecule has 0 aliphatic rings. The highest BCUT2D eigenvalue weighted by atomic mass is 16.5. The van der Waals surface area contributed by atoms with Gasteiger partial charge in [-0.1, -0.05) is 0 Å². The van der Waals surface area contributed by atoms with Crippen molar-refractivity contribution in [2.24, 2.45) is 0 Å². The summed E-state index contributed by atoms with van der Waals surface area (Å²) in [5.74, 6) is 0. The van der Waals surface area contributed by atoms with Gasteiger partial charge in [0.25, 0.3) is 0 Å². The molecule has 0 spiro atoms. The minimum Gasteiger partial charge on any atom is -0.313 e. The van der Waals surface area contributed by atoms with Gasteiger partial charge in [-0.3, -0.25) is 0 Å². The molecule has 0 aromatic rings. The van der Waals surface area contributed by atoms with Crippen molar-refractivity contribution in [1.82, 2.24) is 10.4 Å². The van der Waals surface area contributed by atoms with E-state index in [1.54, 1.807) is 14.1 Å². The molecule has 1 atom stereocenters. The first-order chi connectivity index (χ1) is 3.18. The van der Waals surface area contributed by atoms with E-state index in [1.165, 1.54) is 0 Å². The molecular formula is C4H12N2O. The van der Waals surface area contributed by atoms with E-state index in [2.05, 4.69) is 5.32 Å². The second-order valence-corrected chi connectivity index (χ2v) is 1.54. The van der Waals surface area contributed by atoms with Gasteiger partial charge in [0.2, 0.25) is 0 Å². The maximum absolute atomic E-state index is 8.59. The number of hydroxylamine groups is 2. The monoisotopic (exact) mass is 104 g/mol. The van der Waals surface area contributed by atoms with Crippen LogP contribution in [-0.4, -0.2) is 30.5 Å². The van der Waals surface area contributed by atoms with Crippen molar-refractivity contribution in [2.75, 3.05) is 14.1 Å². The fourth-order valence-electron chi connectivity index (χ4n) is 0.187. The summed E-state index contributed by atoms with van der Waals surface area (Å²) in [6.07, 6.45) is 0.0417. The summed E-state index contributed by atoms with van der Waals surface area (Å²) in [6, 6.07) is 0. The van der Waals surface area contributed by atoms with Crippen molar-refractivity contribution in [1.29, 1.82) is 0 Å². The molecule has 0 heterocycles. The summed E-state index contributed by atoms with van der Waals surface area (Å²) in [6.45, 7) is 1.86. The zero-order valence-corrected chi connectivity index (χ0v) is 4.97. The quantitative estimate of drug-likeness (QED) is 0.378. The van der Waals surface area contributed by atoms with E-state index in [9.17, 15) is 0 Å². The Bertz CT molecular complexity index is 47.0. The highest BCUT2D eigenvalue weighted by Crippen LogP contribution is 1.79. The number of hydrogen-bond acceptors (Lipinski definition) is 3. The largest absolute Gasteiger partial charge is 0.313 e. The Kier molecular flexibility index (Phi) is 2.91. The first-order valence-electron chi connectivity index (χ1n) is 2.27. The van der Waals surface area contributed by atoms with Crippen LogP contribution >= 0.6 is 0 Å². The van der Waals surface area contributed by atoms with Gasteiger partial charge in [0.1, 0.15) is 0 Å². The van der Waals surface area contributed by atoms with E-state index in [-0.39, 0.29) is 6.17 Å². The summed E-state index contributed by atoms with van der Waals surface area (Å²) in [5, 5.41) is 12.5. The van der Waals surface area contributed by atoms with E-state index in [1.807, 2.05) is 6.92 Å². The predicted molar refractivity (Wildman–Crippen MR) is 28.1 cm³/mol. The van der Waals surface area contributed by atoms with Crippen molar-refractivity contribution in [3.8, 4) is 0 Å². The Morgan fingerprint density at radius 1 is 1.71 bits per heavy atom. The van der Waals surface area contributed by atoms with Gasteiger partial charge in [-0.05, 0) is 14.0 Å². The van der Waals surface area contributed by atoms with Crippen molar-refractivity contribution in [3.05, 3.63) is 0 Å². The predicted octanol–water partition coefficient (Wildman–Crippen LogP) is -0.127. The number of rotatable bonds is 2. The molecule has 0 amide bonds. The fourth-order valence-corrected chi connectivity index (χ4v) is 0.187. The topological polar surface area (TPSA) is 35.5 Å². The van der Waals surface area contributed by atoms with Gasteiger partial charge < -0.3 is 10.5 Å².